The normalized spacial score (nSPS) is 12.4. The van der Waals surface area contributed by atoms with Gasteiger partial charge in [-0.05, 0) is 42.3 Å². The molecule has 1 atom stereocenters. The third-order valence-electron chi connectivity index (χ3n) is 4.55. The van der Waals surface area contributed by atoms with Gasteiger partial charge in [0.05, 0.1) is 31.8 Å². The van der Waals surface area contributed by atoms with Crippen LogP contribution in [0.1, 0.15) is 29.7 Å². The molecule has 2 N–H and O–H groups in total. The standard InChI is InChI=1S/C22H27F3N4O2.HI/c1-15(17-6-5-7-18(12-17)22(23,24)25)28-21(27-14-20(30)29(2)3)26-13-16-8-10-19(31-4)11-9-16;/h5-12,15H,13-14H2,1-4H3,(H2,26,27,28);1H. The van der Waals surface area contributed by atoms with Gasteiger partial charge in [0, 0.05) is 14.1 Å². The van der Waals surface area contributed by atoms with E-state index in [4.69, 9.17) is 4.74 Å². The van der Waals surface area contributed by atoms with Crippen LogP contribution >= 0.6 is 24.0 Å². The summed E-state index contributed by atoms with van der Waals surface area (Å²) in [5, 5.41) is 6.02. The minimum absolute atomic E-state index is 0. The van der Waals surface area contributed by atoms with Gasteiger partial charge in [-0.15, -0.1) is 24.0 Å². The van der Waals surface area contributed by atoms with Crippen molar-refractivity contribution < 1.29 is 22.7 Å². The fourth-order valence-electron chi connectivity index (χ4n) is 2.64. The van der Waals surface area contributed by atoms with Crippen LogP contribution < -0.4 is 15.4 Å². The molecule has 2 aromatic rings. The molecule has 1 unspecified atom stereocenters. The number of benzene rings is 2. The van der Waals surface area contributed by atoms with Crippen molar-refractivity contribution in [3.05, 3.63) is 65.2 Å². The maximum Gasteiger partial charge on any atom is 0.416 e. The molecular weight excluding hydrogens is 536 g/mol. The van der Waals surface area contributed by atoms with Gasteiger partial charge in [-0.3, -0.25) is 4.79 Å². The van der Waals surface area contributed by atoms with E-state index in [0.29, 0.717) is 18.1 Å². The van der Waals surface area contributed by atoms with E-state index >= 15 is 0 Å². The number of likely N-dealkylation sites (N-methyl/N-ethyl adjacent to an activating group) is 1. The van der Waals surface area contributed by atoms with Crippen LogP contribution in [0.3, 0.4) is 0 Å². The lowest BCUT2D eigenvalue weighted by Gasteiger charge is -2.20. The summed E-state index contributed by atoms with van der Waals surface area (Å²) in [6.07, 6.45) is -4.42. The molecule has 1 amide bonds. The predicted molar refractivity (Wildman–Crippen MR) is 129 cm³/mol. The van der Waals surface area contributed by atoms with Crippen LogP contribution in [0.5, 0.6) is 5.75 Å². The molecule has 0 spiro atoms. The number of aliphatic imine (C=N–C) groups is 1. The molecule has 0 aliphatic heterocycles. The number of nitrogens with one attached hydrogen (secondary N) is 2. The maximum absolute atomic E-state index is 13.0. The smallest absolute Gasteiger partial charge is 0.416 e. The van der Waals surface area contributed by atoms with E-state index in [1.165, 1.54) is 11.0 Å². The van der Waals surface area contributed by atoms with Gasteiger partial charge in [0.25, 0.3) is 0 Å². The van der Waals surface area contributed by atoms with Crippen molar-refractivity contribution in [2.24, 2.45) is 4.99 Å². The quantitative estimate of drug-likeness (QED) is 0.301. The Hall–Kier alpha value is -2.50. The Morgan fingerprint density at radius 3 is 2.38 bits per heavy atom. The number of hydrogen-bond acceptors (Lipinski definition) is 3. The first-order chi connectivity index (χ1) is 14.6. The average Bonchev–Trinajstić information content (AvgIpc) is 2.75. The van der Waals surface area contributed by atoms with Crippen molar-refractivity contribution in [3.63, 3.8) is 0 Å². The Balaban J connectivity index is 0.00000512. The van der Waals surface area contributed by atoms with Gasteiger partial charge >= 0.3 is 6.18 Å². The molecule has 2 rings (SSSR count). The Bertz CT molecular complexity index is 903. The van der Waals surface area contributed by atoms with E-state index in [-0.39, 0.29) is 36.4 Å². The monoisotopic (exact) mass is 564 g/mol. The first-order valence-corrected chi connectivity index (χ1v) is 9.65. The summed E-state index contributed by atoms with van der Waals surface area (Å²) in [5.41, 5.74) is 0.645. The summed E-state index contributed by atoms with van der Waals surface area (Å²) in [7, 11) is 4.85. The first-order valence-electron chi connectivity index (χ1n) is 9.65. The van der Waals surface area contributed by atoms with E-state index < -0.39 is 17.8 Å². The highest BCUT2D eigenvalue weighted by molar-refractivity contribution is 14.0. The minimum Gasteiger partial charge on any atom is -0.497 e. The molecular formula is C22H28F3IN4O2. The Labute approximate surface area is 203 Å². The third kappa shape index (κ3) is 8.56. The Morgan fingerprint density at radius 1 is 1.16 bits per heavy atom. The summed E-state index contributed by atoms with van der Waals surface area (Å²) in [4.78, 5) is 17.9. The Morgan fingerprint density at radius 2 is 1.81 bits per heavy atom. The SMILES string of the molecule is COc1ccc(CN=C(NCC(=O)N(C)C)NC(C)c2cccc(C(F)(F)F)c2)cc1.I. The molecule has 176 valence electrons. The summed E-state index contributed by atoms with van der Waals surface area (Å²) >= 11 is 0. The van der Waals surface area contributed by atoms with Crippen LogP contribution in [-0.2, 0) is 17.5 Å². The van der Waals surface area contributed by atoms with Crippen molar-refractivity contribution in [3.8, 4) is 5.75 Å². The number of carbonyl (C=O) groups excluding carboxylic acids is 1. The first kappa shape index (κ1) is 27.5. The number of methoxy groups -OCH3 is 1. The number of ether oxygens (including phenoxy) is 1. The van der Waals surface area contributed by atoms with Crippen molar-refractivity contribution in [2.75, 3.05) is 27.7 Å². The molecule has 0 heterocycles. The van der Waals surface area contributed by atoms with Crippen molar-refractivity contribution >= 4 is 35.8 Å². The number of rotatable bonds is 7. The number of amides is 1. The third-order valence-corrected chi connectivity index (χ3v) is 4.55. The summed E-state index contributed by atoms with van der Waals surface area (Å²) in [6, 6.07) is 12.0. The maximum atomic E-state index is 13.0. The van der Waals surface area contributed by atoms with Gasteiger partial charge in [0.2, 0.25) is 5.91 Å². The zero-order chi connectivity index (χ0) is 23.0. The van der Waals surface area contributed by atoms with Crippen LogP contribution in [-0.4, -0.2) is 44.5 Å². The number of halogens is 4. The second kappa shape index (κ2) is 12.5. The lowest BCUT2D eigenvalue weighted by atomic mass is 10.1. The van der Waals surface area contributed by atoms with Crippen LogP contribution in [0.2, 0.25) is 0 Å². The van der Waals surface area contributed by atoms with Gasteiger partial charge in [0.1, 0.15) is 5.75 Å². The number of carbonyl (C=O) groups is 1. The summed E-state index contributed by atoms with van der Waals surface area (Å²) < 4.78 is 44.2. The number of hydrogen-bond donors (Lipinski definition) is 2. The van der Waals surface area contributed by atoms with Crippen LogP contribution in [0.15, 0.2) is 53.5 Å². The zero-order valence-corrected chi connectivity index (χ0v) is 20.7. The van der Waals surface area contributed by atoms with Gasteiger partial charge in [0.15, 0.2) is 5.96 Å². The van der Waals surface area contributed by atoms with E-state index in [9.17, 15) is 18.0 Å². The molecule has 0 bridgehead atoms. The average molecular weight is 564 g/mol. The van der Waals surface area contributed by atoms with Gasteiger partial charge in [-0.1, -0.05) is 24.3 Å². The van der Waals surface area contributed by atoms with Crippen LogP contribution in [0, 0.1) is 0 Å². The topological polar surface area (TPSA) is 66.0 Å². The predicted octanol–water partition coefficient (Wildman–Crippen LogP) is 4.22. The second-order valence-corrected chi connectivity index (χ2v) is 7.14. The molecule has 10 heteroatoms. The fraction of sp³-hybridized carbons (Fsp3) is 0.364. The van der Waals surface area contributed by atoms with E-state index in [1.807, 2.05) is 24.3 Å². The minimum atomic E-state index is -4.42. The molecule has 0 saturated carbocycles. The molecule has 32 heavy (non-hydrogen) atoms. The lowest BCUT2D eigenvalue weighted by Crippen LogP contribution is -2.43. The number of guanidine groups is 1. The highest BCUT2D eigenvalue weighted by atomic mass is 127. The second-order valence-electron chi connectivity index (χ2n) is 7.14. The van der Waals surface area contributed by atoms with E-state index in [2.05, 4.69) is 15.6 Å². The van der Waals surface area contributed by atoms with Gasteiger partial charge in [-0.2, -0.15) is 13.2 Å². The van der Waals surface area contributed by atoms with Crippen LogP contribution in [0.4, 0.5) is 13.2 Å². The fourth-order valence-corrected chi connectivity index (χ4v) is 2.64. The molecule has 2 aromatic carbocycles. The molecule has 0 radical (unpaired) electrons. The van der Waals surface area contributed by atoms with Crippen LogP contribution in [0.25, 0.3) is 0 Å². The Kier molecular flexibility index (Phi) is 10.8. The highest BCUT2D eigenvalue weighted by Gasteiger charge is 2.30. The summed E-state index contributed by atoms with van der Waals surface area (Å²) in [5.74, 6) is 0.876. The molecule has 0 fully saturated rings. The molecule has 0 aromatic heterocycles. The van der Waals surface area contributed by atoms with E-state index in [0.717, 1.165) is 23.4 Å². The van der Waals surface area contributed by atoms with Crippen molar-refractivity contribution in [1.82, 2.24) is 15.5 Å². The van der Waals surface area contributed by atoms with Crippen molar-refractivity contribution in [1.29, 1.82) is 0 Å². The highest BCUT2D eigenvalue weighted by Crippen LogP contribution is 2.30. The van der Waals surface area contributed by atoms with Gasteiger partial charge in [-0.25, -0.2) is 4.99 Å². The number of nitrogens with zero attached hydrogens (tertiary/aromatic N) is 2. The molecule has 6 nitrogen and oxygen atoms in total. The number of alkyl halides is 3. The van der Waals surface area contributed by atoms with Gasteiger partial charge < -0.3 is 20.3 Å². The largest absolute Gasteiger partial charge is 0.497 e. The summed E-state index contributed by atoms with van der Waals surface area (Å²) in [6.45, 7) is 2.04. The molecule has 0 aliphatic rings. The van der Waals surface area contributed by atoms with Crippen molar-refractivity contribution in [2.45, 2.75) is 25.7 Å². The lowest BCUT2D eigenvalue weighted by molar-refractivity contribution is -0.137. The molecule has 0 aliphatic carbocycles. The molecule has 0 saturated heterocycles. The van der Waals surface area contributed by atoms with E-state index in [1.54, 1.807) is 34.2 Å². The zero-order valence-electron chi connectivity index (χ0n) is 18.4.